The highest BCUT2D eigenvalue weighted by molar-refractivity contribution is 5.73. The van der Waals surface area contributed by atoms with Crippen molar-refractivity contribution in [1.82, 2.24) is 19.7 Å². The van der Waals surface area contributed by atoms with Crippen LogP contribution in [0.25, 0.3) is 11.4 Å². The van der Waals surface area contributed by atoms with Gasteiger partial charge in [0.25, 0.3) is 0 Å². The molecule has 1 aromatic carbocycles. The van der Waals surface area contributed by atoms with Gasteiger partial charge < -0.3 is 10.4 Å². The molecule has 0 spiro atoms. The predicted octanol–water partition coefficient (Wildman–Crippen LogP) is 4.84. The second-order valence-corrected chi connectivity index (χ2v) is 7.82. The molecule has 0 radical (unpaired) electrons. The summed E-state index contributed by atoms with van der Waals surface area (Å²) >= 11 is 0. The first kappa shape index (κ1) is 24.4. The number of rotatable bonds is 4. The summed E-state index contributed by atoms with van der Waals surface area (Å²) in [5, 5.41) is 10.8. The summed E-state index contributed by atoms with van der Waals surface area (Å²) < 4.78 is 46.9. The van der Waals surface area contributed by atoms with Crippen molar-refractivity contribution in [3.8, 4) is 0 Å². The minimum atomic E-state index is -5.08. The Morgan fingerprint density at radius 3 is 2.48 bits per heavy atom. The van der Waals surface area contributed by atoms with E-state index in [2.05, 4.69) is 38.8 Å². The molecule has 0 bridgehead atoms. The maximum atomic E-state index is 13.1. The lowest BCUT2D eigenvalue weighted by Gasteiger charge is -2.23. The van der Waals surface area contributed by atoms with Crippen molar-refractivity contribution in [2.45, 2.75) is 51.9 Å². The lowest BCUT2D eigenvalue weighted by atomic mass is 9.90. The van der Waals surface area contributed by atoms with Crippen LogP contribution in [0.4, 0.5) is 17.6 Å². The number of aromatic nitrogens is 3. The van der Waals surface area contributed by atoms with Crippen molar-refractivity contribution < 1.29 is 27.5 Å². The molecule has 2 aromatic heterocycles. The number of benzene rings is 1. The second kappa shape index (κ2) is 10.1. The molecule has 33 heavy (non-hydrogen) atoms. The van der Waals surface area contributed by atoms with Crippen LogP contribution in [0, 0.1) is 19.7 Å². The highest BCUT2D eigenvalue weighted by Crippen LogP contribution is 2.27. The minimum Gasteiger partial charge on any atom is -0.475 e. The average Bonchev–Trinajstić information content (AvgIpc) is 3.16. The Morgan fingerprint density at radius 2 is 1.91 bits per heavy atom. The number of imidazole rings is 1. The maximum Gasteiger partial charge on any atom is 0.490 e. The number of halogens is 4. The van der Waals surface area contributed by atoms with E-state index >= 15 is 0 Å². The van der Waals surface area contributed by atoms with Gasteiger partial charge in [0, 0.05) is 24.0 Å². The monoisotopic (exact) mass is 464 g/mol. The van der Waals surface area contributed by atoms with Gasteiger partial charge in [-0.05, 0) is 62.4 Å². The Labute approximate surface area is 188 Å². The maximum absolute atomic E-state index is 13.1. The van der Waals surface area contributed by atoms with E-state index < -0.39 is 12.1 Å². The zero-order valence-electron chi connectivity index (χ0n) is 18.2. The molecule has 0 aliphatic heterocycles. The molecular weight excluding hydrogens is 440 g/mol. The van der Waals surface area contributed by atoms with Gasteiger partial charge in [0.1, 0.15) is 5.82 Å². The number of alkyl halides is 3. The van der Waals surface area contributed by atoms with E-state index in [9.17, 15) is 17.6 Å². The van der Waals surface area contributed by atoms with Gasteiger partial charge >= 0.3 is 12.1 Å². The Kier molecular flexibility index (Phi) is 7.47. The first-order chi connectivity index (χ1) is 15.5. The van der Waals surface area contributed by atoms with Gasteiger partial charge in [0.15, 0.2) is 0 Å². The molecule has 4 rings (SSSR count). The van der Waals surface area contributed by atoms with E-state index in [0.717, 1.165) is 54.2 Å². The van der Waals surface area contributed by atoms with Crippen LogP contribution in [0.5, 0.6) is 0 Å². The highest BCUT2D eigenvalue weighted by atomic mass is 19.4. The summed E-state index contributed by atoms with van der Waals surface area (Å²) in [4.78, 5) is 17.8. The predicted molar refractivity (Wildman–Crippen MR) is 115 cm³/mol. The van der Waals surface area contributed by atoms with Gasteiger partial charge in [0.2, 0.25) is 5.78 Å². The van der Waals surface area contributed by atoms with Crippen LogP contribution in [0.2, 0.25) is 0 Å². The van der Waals surface area contributed by atoms with Gasteiger partial charge in [-0.2, -0.15) is 13.2 Å². The molecule has 0 saturated carbocycles. The van der Waals surface area contributed by atoms with Crippen molar-refractivity contribution in [2.75, 3.05) is 0 Å². The number of aryl methyl sites for hydroxylation is 2. The number of fused-ring (bicyclic) bond motifs is 1. The van der Waals surface area contributed by atoms with Crippen LogP contribution in [-0.2, 0) is 11.3 Å². The number of carboxylic acids is 1. The van der Waals surface area contributed by atoms with E-state index in [1.807, 2.05) is 25.3 Å². The first-order valence-corrected chi connectivity index (χ1v) is 10.3. The SMILES string of the molecule is Cc1cc(C)n2c(CNC3CC=C(c4ccc(F)cc4)CC3)cnc2n1.O=C(O)C(F)(F)F. The third-order valence-corrected chi connectivity index (χ3v) is 5.30. The van der Waals surface area contributed by atoms with E-state index in [4.69, 9.17) is 9.90 Å². The number of carboxylic acid groups (broad SMARTS) is 1. The fourth-order valence-corrected chi connectivity index (χ4v) is 3.72. The van der Waals surface area contributed by atoms with Crippen molar-refractivity contribution in [2.24, 2.45) is 0 Å². The van der Waals surface area contributed by atoms with E-state index in [-0.39, 0.29) is 5.82 Å². The topological polar surface area (TPSA) is 79.5 Å². The molecule has 3 aromatic rings. The van der Waals surface area contributed by atoms with Gasteiger partial charge in [-0.15, -0.1) is 0 Å². The average molecular weight is 464 g/mol. The standard InChI is InChI=1S/C21H23FN4.C2HF3O2/c1-14-11-15(2)26-20(13-24-21(26)25-14)12-23-19-9-5-17(6-10-19)16-3-7-18(22)8-4-16;3-2(4,5)1(6)7/h3-5,7-8,11,13,19,23H,6,9-10,12H2,1-2H3;(H,6,7). The van der Waals surface area contributed by atoms with Gasteiger partial charge in [-0.25, -0.2) is 19.2 Å². The Morgan fingerprint density at radius 1 is 1.24 bits per heavy atom. The van der Waals surface area contributed by atoms with Crippen LogP contribution in [0.3, 0.4) is 0 Å². The number of aliphatic carboxylic acids is 1. The number of nitrogens with one attached hydrogen (secondary N) is 1. The lowest BCUT2D eigenvalue weighted by molar-refractivity contribution is -0.192. The highest BCUT2D eigenvalue weighted by Gasteiger charge is 2.38. The molecule has 1 unspecified atom stereocenters. The van der Waals surface area contributed by atoms with Crippen molar-refractivity contribution in [1.29, 1.82) is 0 Å². The summed E-state index contributed by atoms with van der Waals surface area (Å²) in [6.07, 6.45) is 2.18. The first-order valence-electron chi connectivity index (χ1n) is 10.3. The number of carbonyl (C=O) groups is 1. The molecule has 2 heterocycles. The van der Waals surface area contributed by atoms with E-state index in [0.29, 0.717) is 6.04 Å². The molecule has 1 aliphatic carbocycles. The van der Waals surface area contributed by atoms with E-state index in [1.165, 1.54) is 17.7 Å². The summed E-state index contributed by atoms with van der Waals surface area (Å²) in [6.45, 7) is 4.86. The smallest absolute Gasteiger partial charge is 0.475 e. The molecule has 6 nitrogen and oxygen atoms in total. The number of hydrogen-bond donors (Lipinski definition) is 2. The van der Waals surface area contributed by atoms with Crippen LogP contribution in [-0.4, -0.2) is 37.7 Å². The van der Waals surface area contributed by atoms with Crippen molar-refractivity contribution in [3.63, 3.8) is 0 Å². The summed E-state index contributed by atoms with van der Waals surface area (Å²) in [6, 6.07) is 9.32. The molecule has 1 aliphatic rings. The Bertz CT molecular complexity index is 1150. The van der Waals surface area contributed by atoms with Crippen LogP contribution in [0.15, 0.2) is 42.6 Å². The molecule has 1 atom stereocenters. The van der Waals surface area contributed by atoms with Crippen molar-refractivity contribution in [3.05, 3.63) is 71.1 Å². The normalized spacial score (nSPS) is 16.2. The molecule has 0 fully saturated rings. The second-order valence-electron chi connectivity index (χ2n) is 7.82. The lowest BCUT2D eigenvalue weighted by Crippen LogP contribution is -2.30. The quantitative estimate of drug-likeness (QED) is 0.540. The number of nitrogens with zero attached hydrogens (tertiary/aromatic N) is 3. The zero-order chi connectivity index (χ0) is 24.2. The third-order valence-electron chi connectivity index (χ3n) is 5.30. The number of allylic oxidation sites excluding steroid dienone is 1. The molecule has 0 saturated heterocycles. The fourth-order valence-electron chi connectivity index (χ4n) is 3.72. The summed E-state index contributed by atoms with van der Waals surface area (Å²) in [5.41, 5.74) is 5.73. The molecule has 0 amide bonds. The Balaban J connectivity index is 0.000000383. The molecule has 10 heteroatoms. The Hall–Kier alpha value is -3.27. The minimum absolute atomic E-state index is 0.183. The van der Waals surface area contributed by atoms with E-state index in [1.54, 1.807) is 0 Å². The third kappa shape index (κ3) is 6.38. The van der Waals surface area contributed by atoms with Gasteiger partial charge in [-0.1, -0.05) is 18.2 Å². The molecule has 2 N–H and O–H groups in total. The largest absolute Gasteiger partial charge is 0.490 e. The van der Waals surface area contributed by atoms with Crippen molar-refractivity contribution >= 4 is 17.3 Å². The van der Waals surface area contributed by atoms with Crippen LogP contribution >= 0.6 is 0 Å². The van der Waals surface area contributed by atoms with Crippen LogP contribution < -0.4 is 5.32 Å². The number of hydrogen-bond acceptors (Lipinski definition) is 4. The zero-order valence-corrected chi connectivity index (χ0v) is 18.2. The summed E-state index contributed by atoms with van der Waals surface area (Å²) in [7, 11) is 0. The molecular formula is C23H24F4N4O2. The summed E-state index contributed by atoms with van der Waals surface area (Å²) in [5.74, 6) is -2.17. The van der Waals surface area contributed by atoms with Gasteiger partial charge in [-0.3, -0.25) is 4.40 Å². The molecule has 176 valence electrons. The fraction of sp³-hybridized carbons (Fsp3) is 0.348. The van der Waals surface area contributed by atoms with Gasteiger partial charge in [0.05, 0.1) is 11.9 Å². The van der Waals surface area contributed by atoms with Crippen LogP contribution in [0.1, 0.15) is 41.9 Å².